The highest BCUT2D eigenvalue weighted by Crippen LogP contribution is 2.86. The first-order valence-corrected chi connectivity index (χ1v) is 12.4. The van der Waals surface area contributed by atoms with Gasteiger partial charge < -0.3 is 18.1 Å². The van der Waals surface area contributed by atoms with E-state index in [1.807, 2.05) is 58.0 Å². The Kier molecular flexibility index (Phi) is 9.03. The van der Waals surface area contributed by atoms with Crippen molar-refractivity contribution >= 4 is 30.9 Å². The minimum Gasteiger partial charge on any atom is -0.322 e. The van der Waals surface area contributed by atoms with Gasteiger partial charge in [-0.2, -0.15) is 0 Å². The summed E-state index contributed by atoms with van der Waals surface area (Å²) in [6.45, 7) is 9.29. The number of hydrogen-bond donors (Lipinski definition) is 0. The average molecular weight is 365 g/mol. The first-order valence-electron chi connectivity index (χ1n) is 7.43. The van der Waals surface area contributed by atoms with Gasteiger partial charge >= 0.3 is 7.20 Å². The summed E-state index contributed by atoms with van der Waals surface area (Å²) in [7, 11) is -2.87. The third-order valence-corrected chi connectivity index (χ3v) is 11.9. The first-order chi connectivity index (χ1) is 10.6. The molecule has 0 radical (unpaired) electrons. The van der Waals surface area contributed by atoms with Gasteiger partial charge in [-0.05, 0) is 51.6 Å². The van der Waals surface area contributed by atoms with Crippen LogP contribution in [0.25, 0.3) is 0 Å². The molecule has 0 aromatic heterocycles. The molecule has 0 saturated heterocycles. The topological polar surface area (TPSA) is 49.3 Å². The van der Waals surface area contributed by atoms with Crippen molar-refractivity contribution in [2.75, 3.05) is 26.4 Å². The fourth-order valence-corrected chi connectivity index (χ4v) is 10.0. The lowest BCUT2D eigenvalue weighted by atomic mass is 10.3. The summed E-state index contributed by atoms with van der Waals surface area (Å²) in [5.41, 5.74) is 0.756. The lowest BCUT2D eigenvalue weighted by molar-refractivity contribution is 0.240. The van der Waals surface area contributed by atoms with Crippen LogP contribution in [0.3, 0.4) is 0 Å². The van der Waals surface area contributed by atoms with Crippen molar-refractivity contribution < 1.29 is 18.1 Å². The van der Waals surface area contributed by atoms with Gasteiger partial charge in [-0.15, -0.1) is 0 Å². The third-order valence-electron chi connectivity index (χ3n) is 2.49. The Hall–Kier alpha value is -0.0600. The first kappa shape index (κ1) is 20.0. The van der Waals surface area contributed by atoms with Crippen LogP contribution in [0.5, 0.6) is 0 Å². The Morgan fingerprint density at radius 1 is 0.818 bits per heavy atom. The van der Waals surface area contributed by atoms with Crippen molar-refractivity contribution in [3.63, 3.8) is 0 Å². The standard InChI is InChI=1S/C14H25NO4P2S/c1-5-16-20(17-6-2,15-14-12-10-9-11-13-14)21(22,18-7-3)19-8-4/h9-13H,5-8H2,1-4H3. The van der Waals surface area contributed by atoms with Gasteiger partial charge in [-0.25, -0.2) is 4.74 Å². The van der Waals surface area contributed by atoms with Crippen molar-refractivity contribution in [2.45, 2.75) is 27.7 Å². The van der Waals surface area contributed by atoms with Gasteiger partial charge in [-0.1, -0.05) is 18.2 Å². The molecule has 1 aromatic carbocycles. The van der Waals surface area contributed by atoms with E-state index in [1.165, 1.54) is 0 Å². The van der Waals surface area contributed by atoms with Gasteiger partial charge in [0.25, 0.3) is 6.18 Å². The average Bonchev–Trinajstić information content (AvgIpc) is 2.49. The molecular weight excluding hydrogens is 340 g/mol. The normalized spacial score (nSPS) is 12.4. The maximum atomic E-state index is 5.96. The van der Waals surface area contributed by atoms with E-state index in [2.05, 4.69) is 0 Å². The van der Waals surface area contributed by atoms with E-state index in [4.69, 9.17) is 34.6 Å². The molecule has 8 heteroatoms. The SMILES string of the molecule is CCOP(=S)(OCC)P(=Nc1ccccc1)(OCC)OCC. The molecule has 1 aromatic rings. The highest BCUT2D eigenvalue weighted by molar-refractivity contribution is 8.48. The summed E-state index contributed by atoms with van der Waals surface area (Å²) in [5, 5.41) is 0. The molecule has 0 aliphatic carbocycles. The molecule has 0 spiro atoms. The zero-order chi connectivity index (χ0) is 16.5. The monoisotopic (exact) mass is 365 g/mol. The summed E-state index contributed by atoms with van der Waals surface area (Å²) >= 11 is 5.74. The maximum Gasteiger partial charge on any atom is 0.302 e. The Morgan fingerprint density at radius 3 is 1.68 bits per heavy atom. The molecule has 0 fully saturated rings. The van der Waals surface area contributed by atoms with E-state index in [0.29, 0.717) is 26.4 Å². The lowest BCUT2D eigenvalue weighted by Crippen LogP contribution is -2.03. The number of benzene rings is 1. The molecule has 0 heterocycles. The Labute approximate surface area is 138 Å². The van der Waals surface area contributed by atoms with Gasteiger partial charge in [0.05, 0.1) is 32.1 Å². The molecule has 1 rings (SSSR count). The second-order valence-corrected chi connectivity index (χ2v) is 12.6. The Morgan fingerprint density at radius 2 is 1.27 bits per heavy atom. The molecule has 0 atom stereocenters. The van der Waals surface area contributed by atoms with Gasteiger partial charge in [0, 0.05) is 0 Å². The largest absolute Gasteiger partial charge is 0.322 e. The van der Waals surface area contributed by atoms with Crippen molar-refractivity contribution in [1.29, 1.82) is 0 Å². The Bertz CT molecular complexity index is 519. The van der Waals surface area contributed by atoms with Crippen LogP contribution in [0, 0.1) is 0 Å². The van der Waals surface area contributed by atoms with Gasteiger partial charge in [-0.3, -0.25) is 0 Å². The molecule has 0 N–H and O–H groups in total. The second-order valence-electron chi connectivity index (χ2n) is 4.07. The summed E-state index contributed by atoms with van der Waals surface area (Å²) in [6, 6.07) is 9.54. The van der Waals surface area contributed by atoms with Crippen molar-refractivity contribution in [3.8, 4) is 0 Å². The smallest absolute Gasteiger partial charge is 0.302 e. The van der Waals surface area contributed by atoms with Crippen LogP contribution in [0.4, 0.5) is 5.69 Å². The van der Waals surface area contributed by atoms with Crippen molar-refractivity contribution in [1.82, 2.24) is 0 Å². The van der Waals surface area contributed by atoms with Crippen LogP contribution in [-0.4, -0.2) is 26.4 Å². The molecule has 0 amide bonds. The molecule has 0 saturated carbocycles. The van der Waals surface area contributed by atoms with Crippen LogP contribution < -0.4 is 0 Å². The zero-order valence-electron chi connectivity index (χ0n) is 13.6. The second kappa shape index (κ2) is 9.94. The third kappa shape index (κ3) is 4.97. The predicted octanol–water partition coefficient (Wildman–Crippen LogP) is 5.72. The number of hydrogen-bond acceptors (Lipinski definition) is 6. The quantitative estimate of drug-likeness (QED) is 0.496. The van der Waals surface area contributed by atoms with Crippen molar-refractivity contribution in [2.24, 2.45) is 4.74 Å². The maximum absolute atomic E-state index is 5.96. The van der Waals surface area contributed by atoms with Gasteiger partial charge in [0.1, 0.15) is 0 Å². The molecule has 126 valence electrons. The molecular formula is C14H25NO4P2S. The summed E-state index contributed by atoms with van der Waals surface area (Å²) in [4.78, 5) is 0. The highest BCUT2D eigenvalue weighted by Gasteiger charge is 2.42. The van der Waals surface area contributed by atoms with Crippen LogP contribution >= 0.6 is 13.4 Å². The van der Waals surface area contributed by atoms with Crippen molar-refractivity contribution in [3.05, 3.63) is 30.3 Å². The van der Waals surface area contributed by atoms with E-state index < -0.39 is 13.4 Å². The van der Waals surface area contributed by atoms with Gasteiger partial charge in [0.2, 0.25) is 0 Å². The van der Waals surface area contributed by atoms with Gasteiger partial charge in [0.15, 0.2) is 0 Å². The molecule has 0 bridgehead atoms. The van der Waals surface area contributed by atoms with E-state index >= 15 is 0 Å². The van der Waals surface area contributed by atoms with E-state index in [-0.39, 0.29) is 0 Å². The molecule has 0 aliphatic rings. The highest BCUT2D eigenvalue weighted by atomic mass is 32.6. The number of nitrogens with zero attached hydrogens (tertiary/aromatic N) is 1. The van der Waals surface area contributed by atoms with Crippen LogP contribution in [-0.2, 0) is 29.9 Å². The van der Waals surface area contributed by atoms with Crippen LogP contribution in [0.15, 0.2) is 35.1 Å². The van der Waals surface area contributed by atoms with Crippen LogP contribution in [0.1, 0.15) is 27.7 Å². The summed E-state index contributed by atoms with van der Waals surface area (Å²) in [6.07, 6.45) is -2.83. The molecule has 0 aliphatic heterocycles. The molecule has 22 heavy (non-hydrogen) atoms. The van der Waals surface area contributed by atoms with Crippen LogP contribution in [0.2, 0.25) is 0 Å². The molecule has 0 unspecified atom stereocenters. The predicted molar refractivity (Wildman–Crippen MR) is 96.2 cm³/mol. The minimum absolute atomic E-state index is 0.433. The van der Waals surface area contributed by atoms with E-state index in [9.17, 15) is 0 Å². The minimum atomic E-state index is -2.87. The Balaban J connectivity index is 3.48. The fourth-order valence-electron chi connectivity index (χ4n) is 1.78. The zero-order valence-corrected chi connectivity index (χ0v) is 16.2. The van der Waals surface area contributed by atoms with E-state index in [0.717, 1.165) is 5.69 Å². The number of rotatable bonds is 10. The van der Waals surface area contributed by atoms with E-state index in [1.54, 1.807) is 0 Å². The fraction of sp³-hybridized carbons (Fsp3) is 0.571. The molecule has 5 nitrogen and oxygen atoms in total. The lowest BCUT2D eigenvalue weighted by Gasteiger charge is -2.32. The summed E-state index contributed by atoms with van der Waals surface area (Å²) < 4.78 is 28.3. The summed E-state index contributed by atoms with van der Waals surface area (Å²) in [5.74, 6) is 0.